The van der Waals surface area contributed by atoms with Gasteiger partial charge in [-0.25, -0.2) is 0 Å². The topological polar surface area (TPSA) is 92.9 Å². The molecule has 7 heteroatoms. The molecule has 1 rings (SSSR count). The molecule has 0 saturated carbocycles. The Morgan fingerprint density at radius 2 is 2.27 bits per heavy atom. The molecule has 0 aliphatic carbocycles. The number of nitrogens with one attached hydrogen (secondary N) is 2. The van der Waals surface area contributed by atoms with Crippen LogP contribution in [0.4, 0.5) is 0 Å². The first-order chi connectivity index (χ1) is 6.97. The van der Waals surface area contributed by atoms with Crippen LogP contribution in [-0.4, -0.2) is 27.8 Å². The van der Waals surface area contributed by atoms with Gasteiger partial charge in [0.25, 0.3) is 5.56 Å². The summed E-state index contributed by atoms with van der Waals surface area (Å²) in [5, 5.41) is 5.67. The average Bonchev–Trinajstić information content (AvgIpc) is 2.44. The highest BCUT2D eigenvalue weighted by Crippen LogP contribution is 1.99. The van der Waals surface area contributed by atoms with Gasteiger partial charge in [0.05, 0.1) is 6.42 Å². The molecule has 0 aliphatic heterocycles. The third-order valence-electron chi connectivity index (χ3n) is 1.96. The minimum atomic E-state index is -0.545. The van der Waals surface area contributed by atoms with E-state index in [1.807, 2.05) is 0 Å². The second-order valence-corrected chi connectivity index (χ2v) is 3.44. The summed E-state index contributed by atoms with van der Waals surface area (Å²) in [5.41, 5.74) is 5.63. The molecule has 0 unspecified atom stereocenters. The highest BCUT2D eigenvalue weighted by atomic mass is 32.1. The van der Waals surface area contributed by atoms with Crippen molar-refractivity contribution in [2.45, 2.75) is 13.3 Å². The summed E-state index contributed by atoms with van der Waals surface area (Å²) < 4.78 is 1.17. The van der Waals surface area contributed by atoms with Crippen molar-refractivity contribution in [2.24, 2.45) is 5.73 Å². The van der Waals surface area contributed by atoms with Crippen LogP contribution in [0.2, 0.25) is 0 Å². The lowest BCUT2D eigenvalue weighted by atomic mass is 10.2. The third kappa shape index (κ3) is 2.24. The number of H-pyrrole nitrogens is 1. The normalized spacial score (nSPS) is 10.0. The maximum atomic E-state index is 11.7. The maximum Gasteiger partial charge on any atom is 0.277 e. The number of aromatic amines is 1. The van der Waals surface area contributed by atoms with Gasteiger partial charge in [0, 0.05) is 18.3 Å². The summed E-state index contributed by atoms with van der Waals surface area (Å²) >= 11 is 4.90. The van der Waals surface area contributed by atoms with E-state index in [1.54, 1.807) is 14.0 Å². The number of primary amides is 1. The van der Waals surface area contributed by atoms with Crippen LogP contribution in [0.15, 0.2) is 4.79 Å². The summed E-state index contributed by atoms with van der Waals surface area (Å²) in [5.74, 6) is -0.545. The highest BCUT2D eigenvalue weighted by molar-refractivity contribution is 7.80. The molecule has 0 radical (unpaired) electrons. The number of nitrogens with two attached hydrogens (primary N) is 1. The molecule has 0 spiro atoms. The predicted octanol–water partition coefficient (Wildman–Crippen LogP) is -1.13. The van der Waals surface area contributed by atoms with Crippen molar-refractivity contribution < 1.29 is 4.79 Å². The lowest BCUT2D eigenvalue weighted by molar-refractivity contribution is -0.117. The number of hydrogen-bond acceptors (Lipinski definition) is 3. The number of aromatic nitrogens is 2. The van der Waals surface area contributed by atoms with Crippen molar-refractivity contribution in [1.82, 2.24) is 15.1 Å². The molecular formula is C8H12N4O2S. The Morgan fingerprint density at radius 1 is 1.67 bits per heavy atom. The number of rotatable bonds is 2. The van der Waals surface area contributed by atoms with Gasteiger partial charge in [-0.2, -0.15) is 4.68 Å². The molecule has 0 aromatic carbocycles. The quantitative estimate of drug-likeness (QED) is 0.558. The van der Waals surface area contributed by atoms with Gasteiger partial charge in [0.2, 0.25) is 5.91 Å². The van der Waals surface area contributed by atoms with Crippen LogP contribution in [0.5, 0.6) is 0 Å². The van der Waals surface area contributed by atoms with Crippen LogP contribution in [-0.2, 0) is 11.2 Å². The van der Waals surface area contributed by atoms with Gasteiger partial charge in [0.1, 0.15) is 0 Å². The molecule has 1 amide bonds. The Bertz CT molecular complexity index is 460. The number of carbonyl (C=O) groups is 1. The summed E-state index contributed by atoms with van der Waals surface area (Å²) in [4.78, 5) is 22.5. The van der Waals surface area contributed by atoms with Gasteiger partial charge in [-0.3, -0.25) is 14.7 Å². The average molecular weight is 228 g/mol. The Balaban J connectivity index is 3.20. The SMILES string of the molecule is CNC(=S)n1[nH]c(C)c(CC(N)=O)c1=O. The Kier molecular flexibility index (Phi) is 3.25. The standard InChI is InChI=1S/C8H12N4O2S/c1-4-5(3-6(9)13)7(14)12(11-4)8(15)10-2/h11H,3H2,1-2H3,(H2,9,13)(H,10,15). The number of carbonyl (C=O) groups excluding carboxylic acids is 1. The molecule has 1 aromatic rings. The summed E-state index contributed by atoms with van der Waals surface area (Å²) in [6, 6.07) is 0. The molecule has 0 fully saturated rings. The predicted molar refractivity (Wildman–Crippen MR) is 59.7 cm³/mol. The van der Waals surface area contributed by atoms with E-state index in [-0.39, 0.29) is 17.1 Å². The lowest BCUT2D eigenvalue weighted by Crippen LogP contribution is -2.34. The van der Waals surface area contributed by atoms with Gasteiger partial charge < -0.3 is 11.1 Å². The van der Waals surface area contributed by atoms with Crippen LogP contribution in [0.3, 0.4) is 0 Å². The zero-order valence-electron chi connectivity index (χ0n) is 8.46. The van der Waals surface area contributed by atoms with Gasteiger partial charge >= 0.3 is 0 Å². The Labute approximate surface area is 91.4 Å². The fraction of sp³-hybridized carbons (Fsp3) is 0.375. The lowest BCUT2D eigenvalue weighted by Gasteiger charge is -2.00. The second-order valence-electron chi connectivity index (χ2n) is 3.05. The first-order valence-electron chi connectivity index (χ1n) is 4.28. The second kappa shape index (κ2) is 4.26. The van der Waals surface area contributed by atoms with Crippen molar-refractivity contribution in [2.75, 3.05) is 7.05 Å². The minimum absolute atomic E-state index is 0.0828. The highest BCUT2D eigenvalue weighted by Gasteiger charge is 2.14. The molecule has 0 atom stereocenters. The molecule has 4 N–H and O–H groups in total. The molecule has 1 heterocycles. The summed E-state index contributed by atoms with van der Waals surface area (Å²) in [6.07, 6.45) is -0.0828. The fourth-order valence-electron chi connectivity index (χ4n) is 1.22. The largest absolute Gasteiger partial charge is 0.369 e. The monoisotopic (exact) mass is 228 g/mol. The van der Waals surface area contributed by atoms with E-state index in [1.165, 1.54) is 4.68 Å². The van der Waals surface area contributed by atoms with E-state index in [0.717, 1.165) is 0 Å². The van der Waals surface area contributed by atoms with E-state index < -0.39 is 5.91 Å². The van der Waals surface area contributed by atoms with Gasteiger partial charge in [-0.05, 0) is 19.1 Å². The molecule has 6 nitrogen and oxygen atoms in total. The number of thiocarbonyl (C=S) groups is 1. The van der Waals surface area contributed by atoms with E-state index in [4.69, 9.17) is 18.0 Å². The van der Waals surface area contributed by atoms with Crippen molar-refractivity contribution in [3.63, 3.8) is 0 Å². The molecule has 0 bridgehead atoms. The van der Waals surface area contributed by atoms with Crippen molar-refractivity contribution in [1.29, 1.82) is 0 Å². The van der Waals surface area contributed by atoms with Crippen LogP contribution in [0, 0.1) is 6.92 Å². The van der Waals surface area contributed by atoms with Gasteiger partial charge in [-0.1, -0.05) is 0 Å². The maximum absolute atomic E-state index is 11.7. The van der Waals surface area contributed by atoms with Crippen molar-refractivity contribution in [3.05, 3.63) is 21.6 Å². The fourth-order valence-corrected chi connectivity index (χ4v) is 1.35. The first kappa shape index (κ1) is 11.4. The first-order valence-corrected chi connectivity index (χ1v) is 4.69. The van der Waals surface area contributed by atoms with Crippen LogP contribution < -0.4 is 16.6 Å². The van der Waals surface area contributed by atoms with Crippen LogP contribution >= 0.6 is 12.2 Å². The van der Waals surface area contributed by atoms with E-state index in [9.17, 15) is 9.59 Å². The molecule has 15 heavy (non-hydrogen) atoms. The number of aryl methyl sites for hydroxylation is 1. The molecule has 0 aliphatic rings. The van der Waals surface area contributed by atoms with Crippen LogP contribution in [0.1, 0.15) is 11.3 Å². The Hall–Kier alpha value is -1.63. The summed E-state index contributed by atoms with van der Waals surface area (Å²) in [7, 11) is 1.61. The van der Waals surface area contributed by atoms with Gasteiger partial charge in [0.15, 0.2) is 5.11 Å². The number of amides is 1. The zero-order valence-corrected chi connectivity index (χ0v) is 9.27. The Morgan fingerprint density at radius 3 is 2.73 bits per heavy atom. The van der Waals surface area contributed by atoms with Crippen molar-refractivity contribution in [3.8, 4) is 0 Å². The number of nitrogens with zero attached hydrogens (tertiary/aromatic N) is 1. The van der Waals surface area contributed by atoms with E-state index >= 15 is 0 Å². The minimum Gasteiger partial charge on any atom is -0.369 e. The molecular weight excluding hydrogens is 216 g/mol. The van der Waals surface area contributed by atoms with E-state index in [0.29, 0.717) is 11.3 Å². The van der Waals surface area contributed by atoms with Crippen molar-refractivity contribution >= 4 is 23.2 Å². The summed E-state index contributed by atoms with van der Waals surface area (Å²) in [6.45, 7) is 1.69. The molecule has 82 valence electrons. The number of hydrogen-bond donors (Lipinski definition) is 3. The van der Waals surface area contributed by atoms with Gasteiger partial charge in [-0.15, -0.1) is 0 Å². The third-order valence-corrected chi connectivity index (χ3v) is 2.35. The van der Waals surface area contributed by atoms with E-state index in [2.05, 4.69) is 10.4 Å². The molecule has 1 aromatic heterocycles. The molecule has 0 saturated heterocycles. The smallest absolute Gasteiger partial charge is 0.277 e. The zero-order chi connectivity index (χ0) is 11.6. The van der Waals surface area contributed by atoms with Crippen LogP contribution in [0.25, 0.3) is 0 Å².